The fourth-order valence-corrected chi connectivity index (χ4v) is 6.24. The first kappa shape index (κ1) is 27.5. The van der Waals surface area contributed by atoms with Crippen LogP contribution in [0.2, 0.25) is 0 Å². The minimum Gasteiger partial charge on any atom is -0.456 e. The van der Waals surface area contributed by atoms with E-state index in [-0.39, 0.29) is 0 Å². The molecule has 4 heteroatoms. The largest absolute Gasteiger partial charge is 0.495 e. The van der Waals surface area contributed by atoms with Crippen LogP contribution in [-0.4, -0.2) is 18.3 Å². The van der Waals surface area contributed by atoms with Crippen molar-refractivity contribution in [2.45, 2.75) is 45.8 Å². The van der Waals surface area contributed by atoms with Gasteiger partial charge >= 0.3 is 7.12 Å². The van der Waals surface area contributed by atoms with Crippen molar-refractivity contribution < 1.29 is 13.7 Å². The Morgan fingerprint density at radius 2 is 1.37 bits per heavy atom. The molecule has 43 heavy (non-hydrogen) atoms. The summed E-state index contributed by atoms with van der Waals surface area (Å²) in [6.07, 6.45) is 6.25. The van der Waals surface area contributed by atoms with Gasteiger partial charge in [-0.2, -0.15) is 0 Å². The van der Waals surface area contributed by atoms with E-state index in [9.17, 15) is 0 Å². The normalized spacial score (nSPS) is 16.2. The van der Waals surface area contributed by atoms with Crippen LogP contribution >= 0.6 is 0 Å². The molecular formula is C39H35BO3. The lowest BCUT2D eigenvalue weighted by atomic mass is 9.76. The van der Waals surface area contributed by atoms with Gasteiger partial charge in [0.05, 0.1) is 11.2 Å². The zero-order valence-corrected chi connectivity index (χ0v) is 25.4. The molecule has 1 aliphatic heterocycles. The Labute approximate surface area is 253 Å². The molecule has 7 rings (SSSR count). The summed E-state index contributed by atoms with van der Waals surface area (Å²) in [5.74, 6) is 0. The summed E-state index contributed by atoms with van der Waals surface area (Å²) in [7, 11) is -0.467. The molecule has 0 amide bonds. The molecule has 0 bridgehead atoms. The highest BCUT2D eigenvalue weighted by molar-refractivity contribution is 6.66. The van der Waals surface area contributed by atoms with Crippen molar-refractivity contribution in [2.24, 2.45) is 0 Å². The fraction of sp³-hybridized carbons (Fsp3) is 0.179. The maximum Gasteiger partial charge on any atom is 0.495 e. The SMILES string of the molecule is C=Cc1c(-c2ccc(-c3ccc4oc5cccc(B6OC(C)(C)C(C)(C)O6)c5c4c3)cc2)cc2ccccc2c1/C=C\C. The molecule has 2 heterocycles. The van der Waals surface area contributed by atoms with E-state index in [1.807, 2.05) is 18.2 Å². The predicted octanol–water partition coefficient (Wildman–Crippen LogP) is 10.0. The van der Waals surface area contributed by atoms with E-state index in [2.05, 4.69) is 132 Å². The number of fused-ring (bicyclic) bond motifs is 4. The zero-order valence-electron chi connectivity index (χ0n) is 25.4. The van der Waals surface area contributed by atoms with Gasteiger partial charge in [-0.15, -0.1) is 0 Å². The lowest BCUT2D eigenvalue weighted by Crippen LogP contribution is -2.41. The van der Waals surface area contributed by atoms with Crippen LogP contribution in [0.15, 0.2) is 108 Å². The van der Waals surface area contributed by atoms with Crippen molar-refractivity contribution in [3.63, 3.8) is 0 Å². The monoisotopic (exact) mass is 562 g/mol. The first-order chi connectivity index (χ1) is 20.7. The predicted molar refractivity (Wildman–Crippen MR) is 183 cm³/mol. The van der Waals surface area contributed by atoms with E-state index >= 15 is 0 Å². The van der Waals surface area contributed by atoms with E-state index in [0.717, 1.165) is 49.7 Å². The molecule has 0 N–H and O–H groups in total. The topological polar surface area (TPSA) is 31.6 Å². The summed E-state index contributed by atoms with van der Waals surface area (Å²) in [6.45, 7) is 14.6. The summed E-state index contributed by atoms with van der Waals surface area (Å²) < 4.78 is 19.2. The van der Waals surface area contributed by atoms with Crippen molar-refractivity contribution in [1.82, 2.24) is 0 Å². The number of hydrogen-bond donors (Lipinski definition) is 0. The molecular weight excluding hydrogens is 527 g/mol. The zero-order chi connectivity index (χ0) is 29.9. The van der Waals surface area contributed by atoms with Crippen LogP contribution in [0, 0.1) is 0 Å². The van der Waals surface area contributed by atoms with Gasteiger partial charge in [0.1, 0.15) is 11.2 Å². The van der Waals surface area contributed by atoms with Crippen molar-refractivity contribution >= 4 is 57.4 Å². The van der Waals surface area contributed by atoms with Crippen LogP contribution in [0.5, 0.6) is 0 Å². The van der Waals surface area contributed by atoms with Crippen molar-refractivity contribution in [3.8, 4) is 22.3 Å². The molecule has 0 atom stereocenters. The number of hydrogen-bond acceptors (Lipinski definition) is 3. The van der Waals surface area contributed by atoms with Crippen LogP contribution in [0.3, 0.4) is 0 Å². The average Bonchev–Trinajstić information content (AvgIpc) is 3.49. The van der Waals surface area contributed by atoms with E-state index < -0.39 is 18.3 Å². The standard InChI is InChI=1S/C39H35BO3/c1-7-12-31-29(8-2)32(24-28-13-9-10-14-30(28)31)26-19-17-25(18-20-26)27-21-22-35-33(23-27)37-34(15-11-16-36(37)41-35)40-42-38(3,4)39(5,6)43-40/h7-24H,2H2,1,3-6H3/b12-7-. The van der Waals surface area contributed by atoms with Crippen LogP contribution in [0.25, 0.3) is 67.1 Å². The fourth-order valence-electron chi connectivity index (χ4n) is 6.24. The quantitative estimate of drug-likeness (QED) is 0.196. The second-order valence-corrected chi connectivity index (χ2v) is 12.4. The highest BCUT2D eigenvalue weighted by Gasteiger charge is 2.52. The molecule has 5 aromatic carbocycles. The second kappa shape index (κ2) is 10.1. The smallest absolute Gasteiger partial charge is 0.456 e. The van der Waals surface area contributed by atoms with Crippen LogP contribution in [0.1, 0.15) is 45.7 Å². The summed E-state index contributed by atoms with van der Waals surface area (Å²) in [5.41, 5.74) is 8.79. The maximum atomic E-state index is 6.44. The number of rotatable bonds is 5. The number of benzene rings is 5. The molecule has 0 saturated carbocycles. The summed E-state index contributed by atoms with van der Waals surface area (Å²) in [4.78, 5) is 0. The Bertz CT molecular complexity index is 2040. The molecule has 0 aliphatic carbocycles. The molecule has 6 aromatic rings. The van der Waals surface area contributed by atoms with Gasteiger partial charge in [-0.05, 0) is 109 Å². The van der Waals surface area contributed by atoms with Gasteiger partial charge in [-0.3, -0.25) is 0 Å². The highest BCUT2D eigenvalue weighted by Crippen LogP contribution is 2.39. The van der Waals surface area contributed by atoms with Gasteiger partial charge in [0.2, 0.25) is 0 Å². The lowest BCUT2D eigenvalue weighted by Gasteiger charge is -2.32. The molecule has 0 radical (unpaired) electrons. The van der Waals surface area contributed by atoms with Crippen molar-refractivity contribution in [3.05, 3.63) is 115 Å². The maximum absolute atomic E-state index is 6.44. The Kier molecular flexibility index (Phi) is 6.46. The van der Waals surface area contributed by atoms with Crippen LogP contribution in [0.4, 0.5) is 0 Å². The van der Waals surface area contributed by atoms with Gasteiger partial charge in [0.15, 0.2) is 0 Å². The number of allylic oxidation sites excluding steroid dienone is 1. The molecule has 1 saturated heterocycles. The summed E-state index contributed by atoms with van der Waals surface area (Å²) in [5, 5.41) is 4.55. The first-order valence-electron chi connectivity index (χ1n) is 14.9. The minimum absolute atomic E-state index is 0.420. The van der Waals surface area contributed by atoms with E-state index in [4.69, 9.17) is 13.7 Å². The van der Waals surface area contributed by atoms with Crippen LogP contribution < -0.4 is 5.46 Å². The van der Waals surface area contributed by atoms with Gasteiger partial charge in [-0.25, -0.2) is 0 Å². The Balaban J connectivity index is 1.31. The number of furan rings is 1. The molecule has 0 spiro atoms. The summed E-state index contributed by atoms with van der Waals surface area (Å²) >= 11 is 0. The molecule has 212 valence electrons. The van der Waals surface area contributed by atoms with Crippen molar-refractivity contribution in [1.29, 1.82) is 0 Å². The Hall–Kier alpha value is -4.38. The minimum atomic E-state index is -0.467. The van der Waals surface area contributed by atoms with Gasteiger partial charge in [-0.1, -0.05) is 91.5 Å². The van der Waals surface area contributed by atoms with E-state index in [1.54, 1.807) is 0 Å². The molecule has 3 nitrogen and oxygen atoms in total. The lowest BCUT2D eigenvalue weighted by molar-refractivity contribution is 0.00578. The third-order valence-electron chi connectivity index (χ3n) is 9.23. The third-order valence-corrected chi connectivity index (χ3v) is 9.23. The Morgan fingerprint density at radius 1 is 0.674 bits per heavy atom. The van der Waals surface area contributed by atoms with E-state index in [1.165, 1.54) is 21.9 Å². The second-order valence-electron chi connectivity index (χ2n) is 12.4. The first-order valence-corrected chi connectivity index (χ1v) is 14.9. The van der Waals surface area contributed by atoms with Gasteiger partial charge < -0.3 is 13.7 Å². The highest BCUT2D eigenvalue weighted by atomic mass is 16.7. The molecule has 0 unspecified atom stereocenters. The third kappa shape index (κ3) is 4.45. The van der Waals surface area contributed by atoms with Crippen molar-refractivity contribution in [2.75, 3.05) is 0 Å². The molecule has 1 aliphatic rings. The van der Waals surface area contributed by atoms with Crippen LogP contribution in [-0.2, 0) is 9.31 Å². The van der Waals surface area contributed by atoms with Gasteiger partial charge in [0.25, 0.3) is 0 Å². The Morgan fingerprint density at radius 3 is 2.09 bits per heavy atom. The molecule has 1 fully saturated rings. The van der Waals surface area contributed by atoms with E-state index in [0.29, 0.717) is 0 Å². The molecule has 1 aromatic heterocycles. The summed E-state index contributed by atoms with van der Waals surface area (Å²) in [6, 6.07) is 32.2. The average molecular weight is 563 g/mol. The van der Waals surface area contributed by atoms with Gasteiger partial charge in [0, 0.05) is 10.8 Å².